The van der Waals surface area contributed by atoms with Crippen molar-refractivity contribution < 1.29 is 9.15 Å². The number of methoxy groups -OCH3 is 1. The van der Waals surface area contributed by atoms with E-state index in [0.717, 1.165) is 11.3 Å². The maximum atomic E-state index is 9.02. The lowest BCUT2D eigenvalue weighted by atomic mass is 10.2. The van der Waals surface area contributed by atoms with Crippen LogP contribution in [0.3, 0.4) is 0 Å². The number of rotatable bonds is 5. The Morgan fingerprint density at radius 1 is 1.48 bits per heavy atom. The summed E-state index contributed by atoms with van der Waals surface area (Å²) < 4.78 is 10.6. The molecule has 0 fully saturated rings. The molecule has 6 nitrogen and oxygen atoms in total. The molecule has 2 rings (SSSR count). The fraction of sp³-hybridized carbons (Fsp3) is 0.267. The summed E-state index contributed by atoms with van der Waals surface area (Å²) in [5.74, 6) is 1.61. The fourth-order valence-electron chi connectivity index (χ4n) is 1.62. The van der Waals surface area contributed by atoms with Crippen LogP contribution in [0.5, 0.6) is 5.75 Å². The van der Waals surface area contributed by atoms with Gasteiger partial charge in [-0.3, -0.25) is 0 Å². The third-order valence-corrected chi connectivity index (χ3v) is 2.72. The first-order valence-corrected chi connectivity index (χ1v) is 6.48. The molecule has 1 heterocycles. The zero-order valence-electron chi connectivity index (χ0n) is 12.1. The summed E-state index contributed by atoms with van der Waals surface area (Å²) in [7, 11) is 1.61. The second-order valence-electron chi connectivity index (χ2n) is 4.64. The monoisotopic (exact) mass is 284 g/mol. The van der Waals surface area contributed by atoms with E-state index >= 15 is 0 Å². The molecular formula is C15H16N4O2. The van der Waals surface area contributed by atoms with Crippen molar-refractivity contribution in [2.24, 2.45) is 5.10 Å². The molecule has 0 aliphatic rings. The van der Waals surface area contributed by atoms with Gasteiger partial charge in [0.2, 0.25) is 11.6 Å². The van der Waals surface area contributed by atoms with Crippen molar-refractivity contribution in [2.75, 3.05) is 12.5 Å². The zero-order chi connectivity index (χ0) is 15.2. The number of aromatic nitrogens is 1. The van der Waals surface area contributed by atoms with Crippen molar-refractivity contribution in [1.82, 2.24) is 4.98 Å². The normalized spacial score (nSPS) is 10.8. The van der Waals surface area contributed by atoms with Gasteiger partial charge in [0.1, 0.15) is 11.8 Å². The lowest BCUT2D eigenvalue weighted by Gasteiger charge is -2.00. The van der Waals surface area contributed by atoms with E-state index in [2.05, 4.69) is 15.5 Å². The molecule has 108 valence electrons. The van der Waals surface area contributed by atoms with Crippen molar-refractivity contribution in [3.63, 3.8) is 0 Å². The highest BCUT2D eigenvalue weighted by Gasteiger charge is 2.14. The lowest BCUT2D eigenvalue weighted by Crippen LogP contribution is -1.92. The Kier molecular flexibility index (Phi) is 4.57. The number of benzene rings is 1. The summed E-state index contributed by atoms with van der Waals surface area (Å²) in [5, 5.41) is 13.1. The van der Waals surface area contributed by atoms with E-state index in [1.165, 1.54) is 0 Å². The molecular weight excluding hydrogens is 268 g/mol. The van der Waals surface area contributed by atoms with E-state index in [-0.39, 0.29) is 17.5 Å². The number of nitrogens with one attached hydrogen (secondary N) is 1. The van der Waals surface area contributed by atoms with Gasteiger partial charge >= 0.3 is 0 Å². The molecule has 0 spiro atoms. The van der Waals surface area contributed by atoms with Crippen LogP contribution in [0, 0.1) is 11.3 Å². The summed E-state index contributed by atoms with van der Waals surface area (Å²) in [6, 6.07) is 9.43. The predicted molar refractivity (Wildman–Crippen MR) is 79.5 cm³/mol. The molecule has 0 radical (unpaired) electrons. The first kappa shape index (κ1) is 14.6. The minimum atomic E-state index is 0.106. The minimum absolute atomic E-state index is 0.106. The zero-order valence-corrected chi connectivity index (χ0v) is 12.1. The largest absolute Gasteiger partial charge is 0.497 e. The Morgan fingerprint density at radius 2 is 2.29 bits per heavy atom. The van der Waals surface area contributed by atoms with Crippen LogP contribution in [0.4, 0.5) is 5.88 Å². The molecule has 2 aromatic rings. The molecule has 1 aromatic carbocycles. The number of anilines is 1. The van der Waals surface area contributed by atoms with Gasteiger partial charge in [0.25, 0.3) is 5.88 Å². The molecule has 0 bridgehead atoms. The second-order valence-corrected chi connectivity index (χ2v) is 4.64. The van der Waals surface area contributed by atoms with Gasteiger partial charge in [-0.05, 0) is 17.7 Å². The van der Waals surface area contributed by atoms with Crippen LogP contribution in [-0.4, -0.2) is 18.3 Å². The summed E-state index contributed by atoms with van der Waals surface area (Å²) in [6.07, 6.45) is 1.61. The summed E-state index contributed by atoms with van der Waals surface area (Å²) >= 11 is 0. The fourth-order valence-corrected chi connectivity index (χ4v) is 1.62. The maximum Gasteiger partial charge on any atom is 0.252 e. The number of ether oxygens (including phenoxy) is 1. The summed E-state index contributed by atoms with van der Waals surface area (Å²) in [5.41, 5.74) is 3.76. The molecule has 21 heavy (non-hydrogen) atoms. The number of hydrogen-bond acceptors (Lipinski definition) is 6. The molecule has 6 heteroatoms. The average molecular weight is 284 g/mol. The van der Waals surface area contributed by atoms with Crippen molar-refractivity contribution in [3.05, 3.63) is 41.4 Å². The number of hydrazone groups is 1. The van der Waals surface area contributed by atoms with Crippen LogP contribution in [0.1, 0.15) is 36.9 Å². The van der Waals surface area contributed by atoms with Gasteiger partial charge in [-0.25, -0.2) is 10.4 Å². The van der Waals surface area contributed by atoms with Gasteiger partial charge in [-0.15, -0.1) is 0 Å². The number of hydrogen-bond donors (Lipinski definition) is 1. The third kappa shape index (κ3) is 3.60. The average Bonchev–Trinajstić information content (AvgIpc) is 2.91. The van der Waals surface area contributed by atoms with Crippen molar-refractivity contribution in [3.8, 4) is 11.8 Å². The van der Waals surface area contributed by atoms with Crippen LogP contribution in [0.15, 0.2) is 33.8 Å². The highest BCUT2D eigenvalue weighted by molar-refractivity contribution is 5.80. The first-order valence-electron chi connectivity index (χ1n) is 6.48. The molecule has 1 aromatic heterocycles. The molecule has 0 unspecified atom stereocenters. The van der Waals surface area contributed by atoms with Crippen LogP contribution < -0.4 is 10.2 Å². The second kappa shape index (κ2) is 6.57. The topological polar surface area (TPSA) is 83.4 Å². The Hall–Kier alpha value is -2.81. The van der Waals surface area contributed by atoms with Crippen LogP contribution in [0.2, 0.25) is 0 Å². The lowest BCUT2D eigenvalue weighted by molar-refractivity contribution is 0.415. The molecule has 1 N–H and O–H groups in total. The smallest absolute Gasteiger partial charge is 0.252 e. The molecule has 0 amide bonds. The number of nitrogens with zero attached hydrogens (tertiary/aromatic N) is 3. The number of nitriles is 1. The molecule has 0 atom stereocenters. The highest BCUT2D eigenvalue weighted by Crippen LogP contribution is 2.22. The number of oxazole rings is 1. The van der Waals surface area contributed by atoms with Gasteiger partial charge in [-0.1, -0.05) is 26.0 Å². The Balaban J connectivity index is 2.12. The maximum absolute atomic E-state index is 9.02. The van der Waals surface area contributed by atoms with Gasteiger partial charge in [0.05, 0.1) is 13.3 Å². The van der Waals surface area contributed by atoms with E-state index < -0.39 is 0 Å². The van der Waals surface area contributed by atoms with Gasteiger partial charge < -0.3 is 9.15 Å². The van der Waals surface area contributed by atoms with Crippen molar-refractivity contribution in [1.29, 1.82) is 5.26 Å². The molecule has 0 saturated heterocycles. The Morgan fingerprint density at radius 3 is 2.95 bits per heavy atom. The quantitative estimate of drug-likeness (QED) is 0.673. The highest BCUT2D eigenvalue weighted by atomic mass is 16.5. The molecule has 0 aliphatic heterocycles. The summed E-state index contributed by atoms with van der Waals surface area (Å²) in [4.78, 5) is 4.10. The van der Waals surface area contributed by atoms with Gasteiger partial charge in [0.15, 0.2) is 0 Å². The van der Waals surface area contributed by atoms with E-state index in [4.69, 9.17) is 14.4 Å². The van der Waals surface area contributed by atoms with Gasteiger partial charge in [0, 0.05) is 5.92 Å². The molecule has 0 saturated carbocycles. The first-order chi connectivity index (χ1) is 10.1. The van der Waals surface area contributed by atoms with E-state index in [1.807, 2.05) is 44.2 Å². The van der Waals surface area contributed by atoms with Gasteiger partial charge in [-0.2, -0.15) is 10.4 Å². The third-order valence-electron chi connectivity index (χ3n) is 2.72. The van der Waals surface area contributed by atoms with Crippen LogP contribution in [-0.2, 0) is 0 Å². The van der Waals surface area contributed by atoms with Crippen molar-refractivity contribution >= 4 is 12.1 Å². The van der Waals surface area contributed by atoms with E-state index in [0.29, 0.717) is 5.89 Å². The molecule has 0 aliphatic carbocycles. The van der Waals surface area contributed by atoms with Crippen LogP contribution >= 0.6 is 0 Å². The predicted octanol–water partition coefficient (Wildman–Crippen LogP) is 3.12. The SMILES string of the molecule is COc1cccc(/C=N/Nc2oc(C(C)C)nc2C#N)c1. The Labute approximate surface area is 123 Å². The summed E-state index contributed by atoms with van der Waals surface area (Å²) in [6.45, 7) is 3.88. The Bertz CT molecular complexity index is 683. The van der Waals surface area contributed by atoms with E-state index in [1.54, 1.807) is 13.3 Å². The van der Waals surface area contributed by atoms with Crippen molar-refractivity contribution in [2.45, 2.75) is 19.8 Å². The van der Waals surface area contributed by atoms with E-state index in [9.17, 15) is 0 Å². The van der Waals surface area contributed by atoms with Crippen LogP contribution in [0.25, 0.3) is 0 Å². The standard InChI is InChI=1S/C15H16N4O2/c1-10(2)14-18-13(8-16)15(21-14)19-17-9-11-5-4-6-12(7-11)20-3/h4-7,9-10,19H,1-3H3/b17-9+. The minimum Gasteiger partial charge on any atom is -0.497 e.